The number of ether oxygens (including phenoxy) is 1. The highest BCUT2D eigenvalue weighted by atomic mass is 35.5. The van der Waals surface area contributed by atoms with E-state index in [-0.39, 0.29) is 5.54 Å². The lowest BCUT2D eigenvalue weighted by atomic mass is 9.73. The highest BCUT2D eigenvalue weighted by molar-refractivity contribution is 6.33. The van der Waals surface area contributed by atoms with Gasteiger partial charge in [0.2, 0.25) is 0 Å². The number of rotatable bonds is 2. The monoisotopic (exact) mass is 296 g/mol. The van der Waals surface area contributed by atoms with Crippen LogP contribution < -0.4 is 11.1 Å². The Kier molecular flexibility index (Phi) is 3.98. The molecule has 0 aromatic heterocycles. The number of amides is 1. The summed E-state index contributed by atoms with van der Waals surface area (Å²) in [5.41, 5.74) is 7.00. The highest BCUT2D eigenvalue weighted by Gasteiger charge is 2.34. The summed E-state index contributed by atoms with van der Waals surface area (Å²) in [7, 11) is 0. The number of nitrogens with two attached hydrogens (primary N) is 1. The Labute approximate surface area is 124 Å². The van der Waals surface area contributed by atoms with Crippen molar-refractivity contribution in [2.24, 2.45) is 5.73 Å². The average molecular weight is 297 g/mol. The van der Waals surface area contributed by atoms with E-state index in [0.29, 0.717) is 10.7 Å². The molecule has 5 heteroatoms. The van der Waals surface area contributed by atoms with Gasteiger partial charge in [-0.15, -0.1) is 0 Å². The van der Waals surface area contributed by atoms with E-state index >= 15 is 0 Å². The molecule has 0 atom stereocenters. The van der Waals surface area contributed by atoms with E-state index in [2.05, 4.69) is 5.32 Å². The first-order valence-electron chi connectivity index (χ1n) is 6.79. The summed E-state index contributed by atoms with van der Waals surface area (Å²) in [5.74, 6) is 0. The van der Waals surface area contributed by atoms with Crippen molar-refractivity contribution in [1.29, 1.82) is 0 Å². The predicted molar refractivity (Wildman–Crippen MR) is 81.0 cm³/mol. The Morgan fingerprint density at radius 1 is 1.40 bits per heavy atom. The molecule has 0 bridgehead atoms. The minimum absolute atomic E-state index is 0.283. The summed E-state index contributed by atoms with van der Waals surface area (Å²) in [6.45, 7) is 5.44. The van der Waals surface area contributed by atoms with Crippen LogP contribution in [0.2, 0.25) is 5.02 Å². The van der Waals surface area contributed by atoms with Gasteiger partial charge in [0.25, 0.3) is 0 Å². The lowest BCUT2D eigenvalue weighted by Crippen LogP contribution is -2.43. The predicted octanol–water partition coefficient (Wildman–Crippen LogP) is 4.02. The van der Waals surface area contributed by atoms with Gasteiger partial charge in [0.15, 0.2) is 0 Å². The molecule has 2 rings (SSSR count). The lowest BCUT2D eigenvalue weighted by Gasteiger charge is -2.38. The summed E-state index contributed by atoms with van der Waals surface area (Å²) in [6.07, 6.45) is 2.53. The second kappa shape index (κ2) is 5.26. The molecule has 0 aliphatic heterocycles. The van der Waals surface area contributed by atoms with Crippen molar-refractivity contribution >= 4 is 23.4 Å². The average Bonchev–Trinajstić information content (AvgIpc) is 2.26. The van der Waals surface area contributed by atoms with Crippen LogP contribution in [0.5, 0.6) is 0 Å². The second-order valence-corrected chi connectivity index (χ2v) is 6.74. The van der Waals surface area contributed by atoms with Crippen molar-refractivity contribution in [3.05, 3.63) is 28.8 Å². The van der Waals surface area contributed by atoms with Gasteiger partial charge in [0.05, 0.1) is 10.7 Å². The van der Waals surface area contributed by atoms with Crippen molar-refractivity contribution in [1.82, 2.24) is 0 Å². The SMILES string of the molecule is CC(C)(C)OC(=O)Nc1cc(C2(N)CCC2)ccc1Cl. The molecule has 0 spiro atoms. The minimum atomic E-state index is -0.544. The Hall–Kier alpha value is -1.26. The number of nitrogens with one attached hydrogen (secondary N) is 1. The zero-order valence-corrected chi connectivity index (χ0v) is 12.9. The fourth-order valence-electron chi connectivity index (χ4n) is 2.19. The van der Waals surface area contributed by atoms with Gasteiger partial charge in [-0.3, -0.25) is 5.32 Å². The molecule has 1 aliphatic rings. The van der Waals surface area contributed by atoms with Crippen LogP contribution in [0.4, 0.5) is 10.5 Å². The quantitative estimate of drug-likeness (QED) is 0.866. The molecule has 4 nitrogen and oxygen atoms in total. The van der Waals surface area contributed by atoms with Crippen molar-refractivity contribution < 1.29 is 9.53 Å². The molecule has 1 aromatic carbocycles. The molecular weight excluding hydrogens is 276 g/mol. The van der Waals surface area contributed by atoms with E-state index in [1.165, 1.54) is 0 Å². The Bertz CT molecular complexity index is 519. The Morgan fingerprint density at radius 3 is 2.55 bits per heavy atom. The van der Waals surface area contributed by atoms with Crippen LogP contribution in [0.15, 0.2) is 18.2 Å². The third kappa shape index (κ3) is 3.44. The van der Waals surface area contributed by atoms with Gasteiger partial charge in [0.1, 0.15) is 5.60 Å². The fraction of sp³-hybridized carbons (Fsp3) is 0.533. The third-order valence-electron chi connectivity index (χ3n) is 3.42. The number of hydrogen-bond donors (Lipinski definition) is 2. The molecule has 1 aliphatic carbocycles. The van der Waals surface area contributed by atoms with Crippen LogP contribution in [-0.4, -0.2) is 11.7 Å². The van der Waals surface area contributed by atoms with Crippen LogP contribution >= 0.6 is 11.6 Å². The highest BCUT2D eigenvalue weighted by Crippen LogP contribution is 2.40. The zero-order valence-electron chi connectivity index (χ0n) is 12.1. The first-order valence-corrected chi connectivity index (χ1v) is 7.16. The molecule has 0 radical (unpaired) electrons. The summed E-state index contributed by atoms with van der Waals surface area (Å²) in [4.78, 5) is 11.8. The molecule has 20 heavy (non-hydrogen) atoms. The van der Waals surface area contributed by atoms with Gasteiger partial charge >= 0.3 is 6.09 Å². The van der Waals surface area contributed by atoms with Crippen molar-refractivity contribution in [3.63, 3.8) is 0 Å². The maximum absolute atomic E-state index is 11.8. The van der Waals surface area contributed by atoms with Crippen LogP contribution in [0.25, 0.3) is 0 Å². The van der Waals surface area contributed by atoms with Crippen LogP contribution in [-0.2, 0) is 10.3 Å². The fourth-order valence-corrected chi connectivity index (χ4v) is 2.36. The van der Waals surface area contributed by atoms with Gasteiger partial charge in [-0.05, 0) is 57.7 Å². The van der Waals surface area contributed by atoms with Gasteiger partial charge in [-0.1, -0.05) is 17.7 Å². The van der Waals surface area contributed by atoms with Gasteiger partial charge < -0.3 is 10.5 Å². The number of anilines is 1. The number of hydrogen-bond acceptors (Lipinski definition) is 3. The summed E-state index contributed by atoms with van der Waals surface area (Å²) in [6, 6.07) is 5.52. The molecule has 0 unspecified atom stereocenters. The summed E-state index contributed by atoms with van der Waals surface area (Å²) in [5, 5.41) is 3.15. The smallest absolute Gasteiger partial charge is 0.412 e. The van der Waals surface area contributed by atoms with E-state index < -0.39 is 11.7 Å². The largest absolute Gasteiger partial charge is 0.444 e. The standard InChI is InChI=1S/C15H21ClN2O2/c1-14(2,3)20-13(19)18-12-9-10(5-6-11(12)16)15(17)7-4-8-15/h5-6,9H,4,7-8,17H2,1-3H3,(H,18,19). The van der Waals surface area contributed by atoms with Crippen LogP contribution in [0, 0.1) is 0 Å². The van der Waals surface area contributed by atoms with Crippen molar-refractivity contribution in [2.75, 3.05) is 5.32 Å². The van der Waals surface area contributed by atoms with Crippen LogP contribution in [0.3, 0.4) is 0 Å². The topological polar surface area (TPSA) is 64.3 Å². The second-order valence-electron chi connectivity index (χ2n) is 6.33. The first kappa shape index (κ1) is 15.1. The number of halogens is 1. The molecule has 1 fully saturated rings. The summed E-state index contributed by atoms with van der Waals surface area (Å²) < 4.78 is 5.22. The number of benzene rings is 1. The molecular formula is C15H21ClN2O2. The van der Waals surface area contributed by atoms with E-state index in [9.17, 15) is 4.79 Å². The molecule has 0 saturated heterocycles. The van der Waals surface area contributed by atoms with E-state index in [1.54, 1.807) is 6.07 Å². The van der Waals surface area contributed by atoms with E-state index in [1.807, 2.05) is 32.9 Å². The molecule has 3 N–H and O–H groups in total. The maximum atomic E-state index is 11.8. The lowest BCUT2D eigenvalue weighted by molar-refractivity contribution is 0.0636. The molecule has 0 heterocycles. The van der Waals surface area contributed by atoms with Gasteiger partial charge in [-0.2, -0.15) is 0 Å². The van der Waals surface area contributed by atoms with Gasteiger partial charge in [-0.25, -0.2) is 4.79 Å². The number of carbonyl (C=O) groups is 1. The van der Waals surface area contributed by atoms with Crippen LogP contribution in [0.1, 0.15) is 45.6 Å². The minimum Gasteiger partial charge on any atom is -0.444 e. The molecule has 1 saturated carbocycles. The van der Waals surface area contributed by atoms with Crippen molar-refractivity contribution in [2.45, 2.75) is 51.2 Å². The molecule has 1 amide bonds. The Balaban J connectivity index is 2.15. The molecule has 110 valence electrons. The number of carbonyl (C=O) groups excluding carboxylic acids is 1. The maximum Gasteiger partial charge on any atom is 0.412 e. The zero-order chi connectivity index (χ0) is 15.0. The first-order chi connectivity index (χ1) is 9.20. The van der Waals surface area contributed by atoms with Gasteiger partial charge in [0, 0.05) is 5.54 Å². The third-order valence-corrected chi connectivity index (χ3v) is 3.75. The van der Waals surface area contributed by atoms with E-state index in [4.69, 9.17) is 22.1 Å². The Morgan fingerprint density at radius 2 is 2.05 bits per heavy atom. The van der Waals surface area contributed by atoms with Crippen molar-refractivity contribution in [3.8, 4) is 0 Å². The normalized spacial score (nSPS) is 17.2. The summed E-state index contributed by atoms with van der Waals surface area (Å²) >= 11 is 6.11. The molecule has 1 aromatic rings. The van der Waals surface area contributed by atoms with E-state index in [0.717, 1.165) is 24.8 Å².